The second-order valence-electron chi connectivity index (χ2n) is 6.84. The van der Waals surface area contributed by atoms with Crippen molar-refractivity contribution < 1.29 is 8.78 Å². The fourth-order valence-electron chi connectivity index (χ4n) is 3.33. The minimum atomic E-state index is -0.657. The average molecular weight is 332 g/mol. The number of hydrogen-bond donors (Lipinski definition) is 0. The zero-order chi connectivity index (χ0) is 17.4. The lowest BCUT2D eigenvalue weighted by atomic mass is 9.85. The minimum absolute atomic E-state index is 0.461. The molecule has 0 N–H and O–H groups in total. The third-order valence-electron chi connectivity index (χ3n) is 4.87. The summed E-state index contributed by atoms with van der Waals surface area (Å²) >= 11 is 0. The van der Waals surface area contributed by atoms with E-state index in [1.165, 1.54) is 6.42 Å². The first-order valence-corrected chi connectivity index (χ1v) is 9.50. The van der Waals surface area contributed by atoms with Crippen LogP contribution in [0.4, 0.5) is 8.78 Å². The molecule has 2 rings (SSSR count). The molecule has 0 spiro atoms. The van der Waals surface area contributed by atoms with Gasteiger partial charge in [-0.05, 0) is 55.6 Å². The van der Waals surface area contributed by atoms with Crippen molar-refractivity contribution in [2.75, 3.05) is 0 Å². The van der Waals surface area contributed by atoms with Gasteiger partial charge in [-0.3, -0.25) is 0 Å². The number of halogens is 2. The summed E-state index contributed by atoms with van der Waals surface area (Å²) in [5.41, 5.74) is 1.94. The van der Waals surface area contributed by atoms with Crippen LogP contribution in [-0.4, -0.2) is 0 Å². The lowest BCUT2D eigenvalue weighted by Gasteiger charge is -2.20. The maximum atomic E-state index is 14.5. The first-order valence-electron chi connectivity index (χ1n) is 9.50. The van der Waals surface area contributed by atoms with E-state index in [4.69, 9.17) is 0 Å². The second kappa shape index (κ2) is 9.76. The van der Waals surface area contributed by atoms with Crippen LogP contribution in [0.1, 0.15) is 76.3 Å². The highest BCUT2D eigenvalue weighted by Crippen LogP contribution is 2.33. The van der Waals surface area contributed by atoms with Crippen LogP contribution in [0, 0.1) is 17.6 Å². The topological polar surface area (TPSA) is 0 Å². The number of hydrogen-bond acceptors (Lipinski definition) is 0. The third kappa shape index (κ3) is 5.03. The lowest BCUT2D eigenvalue weighted by Crippen LogP contribution is -2.06. The molecule has 1 aliphatic rings. The van der Waals surface area contributed by atoms with Gasteiger partial charge in [-0.15, -0.1) is 0 Å². The van der Waals surface area contributed by atoms with Crippen LogP contribution in [-0.2, 0) is 6.42 Å². The van der Waals surface area contributed by atoms with Gasteiger partial charge >= 0.3 is 0 Å². The Balaban J connectivity index is 2.06. The molecule has 0 heterocycles. The molecule has 0 fully saturated rings. The van der Waals surface area contributed by atoms with Crippen LogP contribution in [0.3, 0.4) is 0 Å². The Morgan fingerprint density at radius 3 is 2.58 bits per heavy atom. The van der Waals surface area contributed by atoms with Crippen molar-refractivity contribution in [3.05, 3.63) is 53.1 Å². The zero-order valence-electron chi connectivity index (χ0n) is 15.1. The molecular formula is C22H30F2. The number of benzene rings is 1. The summed E-state index contributed by atoms with van der Waals surface area (Å²) in [6.07, 6.45) is 15.4. The summed E-state index contributed by atoms with van der Waals surface area (Å²) in [5.74, 6) is -0.758. The molecular weight excluding hydrogens is 302 g/mol. The van der Waals surface area contributed by atoms with Crippen molar-refractivity contribution in [3.63, 3.8) is 0 Å². The maximum absolute atomic E-state index is 14.5. The predicted octanol–water partition coefficient (Wildman–Crippen LogP) is 7.24. The van der Waals surface area contributed by atoms with Crippen LogP contribution in [0.2, 0.25) is 0 Å². The third-order valence-corrected chi connectivity index (χ3v) is 4.87. The average Bonchev–Trinajstić information content (AvgIpc) is 2.60. The van der Waals surface area contributed by atoms with E-state index in [0.29, 0.717) is 23.5 Å². The van der Waals surface area contributed by atoms with Crippen LogP contribution in [0.15, 0.2) is 30.4 Å². The number of unbranched alkanes of at least 4 members (excludes halogenated alkanes) is 3. The van der Waals surface area contributed by atoms with Gasteiger partial charge < -0.3 is 0 Å². The monoisotopic (exact) mass is 332 g/mol. The van der Waals surface area contributed by atoms with Crippen molar-refractivity contribution >= 4 is 5.57 Å². The normalized spacial score (nSPS) is 18.2. The molecule has 1 aliphatic carbocycles. The highest BCUT2D eigenvalue weighted by molar-refractivity contribution is 5.67. The first-order chi connectivity index (χ1) is 11.7. The summed E-state index contributed by atoms with van der Waals surface area (Å²) < 4.78 is 28.8. The fraction of sp³-hybridized carbons (Fsp3) is 0.545. The van der Waals surface area contributed by atoms with Gasteiger partial charge in [-0.25, -0.2) is 8.78 Å². The van der Waals surface area contributed by atoms with Crippen molar-refractivity contribution in [1.82, 2.24) is 0 Å². The van der Waals surface area contributed by atoms with Crippen molar-refractivity contribution in [1.29, 1.82) is 0 Å². The molecule has 2 heteroatoms. The quantitative estimate of drug-likeness (QED) is 0.348. The Bertz CT molecular complexity index is 584. The van der Waals surface area contributed by atoms with Gasteiger partial charge in [-0.2, -0.15) is 0 Å². The Morgan fingerprint density at radius 2 is 1.92 bits per heavy atom. The molecule has 1 aromatic rings. The van der Waals surface area contributed by atoms with Gasteiger partial charge in [0, 0.05) is 5.56 Å². The molecule has 0 radical (unpaired) electrons. The molecule has 24 heavy (non-hydrogen) atoms. The molecule has 0 bridgehead atoms. The summed E-state index contributed by atoms with van der Waals surface area (Å²) in [5, 5.41) is 0. The van der Waals surface area contributed by atoms with Gasteiger partial charge in [0.25, 0.3) is 0 Å². The van der Waals surface area contributed by atoms with Gasteiger partial charge in [0.2, 0.25) is 0 Å². The maximum Gasteiger partial charge on any atom is 0.166 e. The number of aryl methyl sites for hydroxylation is 1. The van der Waals surface area contributed by atoms with E-state index < -0.39 is 11.6 Å². The van der Waals surface area contributed by atoms with Gasteiger partial charge in [0.1, 0.15) is 0 Å². The fourth-order valence-corrected chi connectivity index (χ4v) is 3.33. The molecule has 1 unspecified atom stereocenters. The predicted molar refractivity (Wildman–Crippen MR) is 99.0 cm³/mol. The van der Waals surface area contributed by atoms with E-state index in [0.717, 1.165) is 50.5 Å². The van der Waals surface area contributed by atoms with Crippen LogP contribution in [0.5, 0.6) is 0 Å². The smallest absolute Gasteiger partial charge is 0.166 e. The molecule has 132 valence electrons. The lowest BCUT2D eigenvalue weighted by molar-refractivity contribution is 0.492. The van der Waals surface area contributed by atoms with Crippen molar-refractivity contribution in [3.8, 4) is 0 Å². The van der Waals surface area contributed by atoms with Crippen LogP contribution < -0.4 is 0 Å². The van der Waals surface area contributed by atoms with Crippen LogP contribution in [0.25, 0.3) is 5.57 Å². The first kappa shape index (κ1) is 18.9. The zero-order valence-corrected chi connectivity index (χ0v) is 15.1. The summed E-state index contributed by atoms with van der Waals surface area (Å²) in [6.45, 7) is 4.28. The Morgan fingerprint density at radius 1 is 1.08 bits per heavy atom. The van der Waals surface area contributed by atoms with E-state index >= 15 is 0 Å². The highest BCUT2D eigenvalue weighted by Gasteiger charge is 2.19. The summed E-state index contributed by atoms with van der Waals surface area (Å²) in [4.78, 5) is 0. The Kier molecular flexibility index (Phi) is 7.68. The van der Waals surface area contributed by atoms with E-state index in [2.05, 4.69) is 32.1 Å². The minimum Gasteiger partial charge on any atom is -0.203 e. The molecule has 0 aliphatic heterocycles. The SMILES string of the molecule is CCCC=CC1CC=C(c2ccc(CCCCC)c(F)c2F)CC1. The van der Waals surface area contributed by atoms with Crippen molar-refractivity contribution in [2.45, 2.75) is 71.6 Å². The largest absolute Gasteiger partial charge is 0.203 e. The van der Waals surface area contributed by atoms with E-state index in [-0.39, 0.29) is 0 Å². The standard InChI is InChI=1S/C22H30F2/c1-3-5-7-9-17-11-13-18(14-12-17)20-16-15-19(10-8-6-4-2)21(23)22(20)24/h7,9,13,15-17H,3-6,8,10-12,14H2,1-2H3. The van der Waals surface area contributed by atoms with Gasteiger partial charge in [0.15, 0.2) is 11.6 Å². The summed E-state index contributed by atoms with van der Waals surface area (Å²) in [6, 6.07) is 3.55. The van der Waals surface area contributed by atoms with Crippen LogP contribution >= 0.6 is 0 Å². The van der Waals surface area contributed by atoms with Crippen molar-refractivity contribution in [2.24, 2.45) is 5.92 Å². The van der Waals surface area contributed by atoms with E-state index in [1.54, 1.807) is 12.1 Å². The number of allylic oxidation sites excluding steroid dienone is 4. The highest BCUT2D eigenvalue weighted by atomic mass is 19.2. The molecule has 1 atom stereocenters. The number of rotatable bonds is 8. The second-order valence-corrected chi connectivity index (χ2v) is 6.84. The molecule has 0 aromatic heterocycles. The summed E-state index contributed by atoms with van der Waals surface area (Å²) in [7, 11) is 0. The van der Waals surface area contributed by atoms with E-state index in [9.17, 15) is 8.78 Å². The Labute approximate surface area is 145 Å². The molecule has 1 aromatic carbocycles. The molecule has 0 nitrogen and oxygen atoms in total. The molecule has 0 saturated carbocycles. The van der Waals surface area contributed by atoms with Gasteiger partial charge in [-0.1, -0.05) is 63.5 Å². The molecule has 0 saturated heterocycles. The molecule has 0 amide bonds. The van der Waals surface area contributed by atoms with Gasteiger partial charge in [0.05, 0.1) is 0 Å². The Hall–Kier alpha value is -1.44. The van der Waals surface area contributed by atoms with E-state index in [1.807, 2.05) is 0 Å².